The minimum atomic E-state index is -5.50. The lowest BCUT2D eigenvalue weighted by Gasteiger charge is -2.25. The van der Waals surface area contributed by atoms with Crippen LogP contribution in [0.5, 0.6) is 0 Å². The number of allylic oxidation sites excluding steroid dienone is 2. The van der Waals surface area contributed by atoms with Crippen molar-refractivity contribution in [1.29, 1.82) is 0 Å². The Morgan fingerprint density at radius 1 is 0.741 bits per heavy atom. The molecule has 0 aromatic carbocycles. The van der Waals surface area contributed by atoms with Crippen molar-refractivity contribution in [3.8, 4) is 0 Å². The van der Waals surface area contributed by atoms with Crippen molar-refractivity contribution >= 4 is 57.3 Å². The third-order valence-electron chi connectivity index (χ3n) is 4.02. The first-order chi connectivity index (χ1) is 12.6. The van der Waals surface area contributed by atoms with E-state index in [0.29, 0.717) is 19.9 Å². The smallest absolute Gasteiger partial charge is 0.194 e. The summed E-state index contributed by atoms with van der Waals surface area (Å²) in [7, 11) is 0. The lowest BCUT2D eigenvalue weighted by molar-refractivity contribution is -0.254. The minimum absolute atomic E-state index is 0.234. The molecule has 2 aromatic heterocycles. The molecule has 0 bridgehead atoms. The van der Waals surface area contributed by atoms with Gasteiger partial charge < -0.3 is 0 Å². The topological polar surface area (TPSA) is 0 Å². The van der Waals surface area contributed by atoms with Crippen molar-refractivity contribution in [3.63, 3.8) is 0 Å². The summed E-state index contributed by atoms with van der Waals surface area (Å²) in [6.07, 6.45) is 0. The average molecular weight is 461 g/mol. The van der Waals surface area contributed by atoms with Crippen LogP contribution in [0.25, 0.3) is 11.1 Å². The monoisotopic (exact) mass is 460 g/mol. The van der Waals surface area contributed by atoms with E-state index in [-0.39, 0.29) is 11.1 Å². The molecular formula is C17H14F6S4. The van der Waals surface area contributed by atoms with Gasteiger partial charge in [-0.05, 0) is 34.4 Å². The third kappa shape index (κ3) is 3.07. The normalized spacial score (nSPS) is 20.4. The second-order valence-corrected chi connectivity index (χ2v) is 10.5. The van der Waals surface area contributed by atoms with Crippen LogP contribution >= 0.6 is 46.2 Å². The standard InChI is InChI=1S/C17H14F6S4/c1-3-24-13-9(5-7-26-13)11-12(10-6-8-27-14(10)25-4-2)16(20,21)17(22,23)15(11,18)19/h5-8H,3-4H2,1-2H3. The van der Waals surface area contributed by atoms with Gasteiger partial charge in [-0.2, -0.15) is 26.3 Å². The van der Waals surface area contributed by atoms with Crippen molar-refractivity contribution in [3.05, 3.63) is 34.0 Å². The van der Waals surface area contributed by atoms with Crippen LogP contribution in [-0.4, -0.2) is 29.3 Å². The maximum absolute atomic E-state index is 14.7. The fourth-order valence-corrected chi connectivity index (χ4v) is 6.89. The van der Waals surface area contributed by atoms with Gasteiger partial charge in [0.2, 0.25) is 0 Å². The maximum atomic E-state index is 14.7. The van der Waals surface area contributed by atoms with Crippen LogP contribution in [0, 0.1) is 0 Å². The number of hydrogen-bond donors (Lipinski definition) is 0. The molecule has 0 amide bonds. The van der Waals surface area contributed by atoms with E-state index in [4.69, 9.17) is 0 Å². The molecule has 0 unspecified atom stereocenters. The van der Waals surface area contributed by atoms with Crippen LogP contribution in [0.1, 0.15) is 25.0 Å². The summed E-state index contributed by atoms with van der Waals surface area (Å²) in [6, 6.07) is 2.45. The zero-order valence-corrected chi connectivity index (χ0v) is 17.4. The van der Waals surface area contributed by atoms with Crippen molar-refractivity contribution in [2.45, 2.75) is 40.0 Å². The Kier molecular flexibility index (Phi) is 5.75. The third-order valence-corrected chi connectivity index (χ3v) is 8.25. The predicted octanol–water partition coefficient (Wildman–Crippen LogP) is 7.86. The molecule has 148 valence electrons. The molecule has 0 nitrogen and oxygen atoms in total. The summed E-state index contributed by atoms with van der Waals surface area (Å²) >= 11 is 4.50. The maximum Gasteiger partial charge on any atom is 0.380 e. The predicted molar refractivity (Wildman–Crippen MR) is 103 cm³/mol. The van der Waals surface area contributed by atoms with Crippen LogP contribution in [0.15, 0.2) is 31.3 Å². The van der Waals surface area contributed by atoms with E-state index in [1.807, 2.05) is 0 Å². The summed E-state index contributed by atoms with van der Waals surface area (Å²) in [4.78, 5) is 0. The lowest BCUT2D eigenvalue weighted by Crippen LogP contribution is -2.48. The molecule has 0 fully saturated rings. The Labute approximate surface area is 169 Å². The average Bonchev–Trinajstić information content (AvgIpc) is 3.23. The van der Waals surface area contributed by atoms with Gasteiger partial charge in [0.25, 0.3) is 0 Å². The van der Waals surface area contributed by atoms with Crippen LogP contribution in [0.2, 0.25) is 0 Å². The summed E-state index contributed by atoms with van der Waals surface area (Å²) in [5, 5.41) is 2.91. The minimum Gasteiger partial charge on any atom is -0.194 e. The summed E-state index contributed by atoms with van der Waals surface area (Å²) in [5.74, 6) is -14.5. The van der Waals surface area contributed by atoms with E-state index in [0.717, 1.165) is 22.7 Å². The first kappa shape index (κ1) is 21.1. The molecule has 0 radical (unpaired) electrons. The largest absolute Gasteiger partial charge is 0.380 e. The van der Waals surface area contributed by atoms with Gasteiger partial charge in [0.05, 0.1) is 8.42 Å². The highest BCUT2D eigenvalue weighted by atomic mass is 32.2. The number of hydrogen-bond acceptors (Lipinski definition) is 4. The highest BCUT2D eigenvalue weighted by molar-refractivity contribution is 8.01. The second-order valence-electron chi connectivity index (χ2n) is 5.58. The SMILES string of the molecule is CCSc1sccc1C1=C(c2ccsc2SCC)C(F)(F)C(F)(F)C1(F)F. The molecule has 3 rings (SSSR count). The van der Waals surface area contributed by atoms with Crippen molar-refractivity contribution in [1.82, 2.24) is 0 Å². The quantitative estimate of drug-likeness (QED) is 0.318. The first-order valence-electron chi connectivity index (χ1n) is 7.91. The molecule has 0 saturated carbocycles. The lowest BCUT2D eigenvalue weighted by atomic mass is 9.98. The fraction of sp³-hybridized carbons (Fsp3) is 0.412. The number of thioether (sulfide) groups is 2. The Bertz CT molecular complexity index is 796. The fourth-order valence-electron chi connectivity index (χ4n) is 2.88. The van der Waals surface area contributed by atoms with E-state index in [2.05, 4.69) is 0 Å². The first-order valence-corrected chi connectivity index (χ1v) is 11.6. The molecular weight excluding hydrogens is 446 g/mol. The molecule has 0 spiro atoms. The molecule has 0 saturated heterocycles. The van der Waals surface area contributed by atoms with Gasteiger partial charge in [0.15, 0.2) is 0 Å². The molecule has 27 heavy (non-hydrogen) atoms. The zero-order chi connectivity index (χ0) is 20.0. The van der Waals surface area contributed by atoms with E-state index in [1.54, 1.807) is 13.8 Å². The number of thiophene rings is 2. The zero-order valence-electron chi connectivity index (χ0n) is 14.1. The molecule has 0 N–H and O–H groups in total. The van der Waals surface area contributed by atoms with Crippen LogP contribution in [-0.2, 0) is 0 Å². The van der Waals surface area contributed by atoms with Gasteiger partial charge in [-0.3, -0.25) is 0 Å². The van der Waals surface area contributed by atoms with Gasteiger partial charge in [-0.1, -0.05) is 13.8 Å². The van der Waals surface area contributed by atoms with E-state index >= 15 is 0 Å². The molecule has 0 aliphatic heterocycles. The molecule has 0 atom stereocenters. The Hall–Kier alpha value is -0.580. The summed E-state index contributed by atoms with van der Waals surface area (Å²) in [5.41, 5.74) is -2.98. The number of rotatable bonds is 6. The van der Waals surface area contributed by atoms with E-state index in [9.17, 15) is 26.3 Å². The van der Waals surface area contributed by atoms with E-state index < -0.39 is 28.9 Å². The van der Waals surface area contributed by atoms with Gasteiger partial charge in [-0.15, -0.1) is 46.2 Å². The Morgan fingerprint density at radius 2 is 1.11 bits per heavy atom. The molecule has 1 aliphatic carbocycles. The molecule has 10 heteroatoms. The van der Waals surface area contributed by atoms with E-state index in [1.165, 1.54) is 46.4 Å². The highest BCUT2D eigenvalue weighted by Crippen LogP contribution is 2.66. The van der Waals surface area contributed by atoms with Crippen LogP contribution in [0.3, 0.4) is 0 Å². The van der Waals surface area contributed by atoms with Crippen LogP contribution < -0.4 is 0 Å². The Morgan fingerprint density at radius 3 is 1.44 bits per heavy atom. The second kappa shape index (κ2) is 7.35. The number of halogens is 6. The van der Waals surface area contributed by atoms with Crippen molar-refractivity contribution in [2.24, 2.45) is 0 Å². The van der Waals surface area contributed by atoms with Gasteiger partial charge in [0, 0.05) is 22.3 Å². The van der Waals surface area contributed by atoms with Crippen LogP contribution in [0.4, 0.5) is 26.3 Å². The van der Waals surface area contributed by atoms with Gasteiger partial charge in [0.1, 0.15) is 0 Å². The van der Waals surface area contributed by atoms with Gasteiger partial charge in [-0.25, -0.2) is 0 Å². The van der Waals surface area contributed by atoms with Crippen molar-refractivity contribution in [2.75, 3.05) is 11.5 Å². The summed E-state index contributed by atoms with van der Waals surface area (Å²) < 4.78 is 88.1. The Balaban J connectivity index is 2.36. The number of alkyl halides is 6. The highest BCUT2D eigenvalue weighted by Gasteiger charge is 2.80. The molecule has 1 aliphatic rings. The van der Waals surface area contributed by atoms with Crippen molar-refractivity contribution < 1.29 is 26.3 Å². The summed E-state index contributed by atoms with van der Waals surface area (Å²) in [6.45, 7) is 3.54. The van der Waals surface area contributed by atoms with Gasteiger partial charge >= 0.3 is 17.8 Å². The molecule has 2 heterocycles. The molecule has 2 aromatic rings.